The summed E-state index contributed by atoms with van der Waals surface area (Å²) >= 11 is 0. The molecular weight excluding hydrogens is 236 g/mol. The van der Waals surface area contributed by atoms with Gasteiger partial charge in [0.2, 0.25) is 0 Å². The quantitative estimate of drug-likeness (QED) is 0.767. The van der Waals surface area contributed by atoms with Crippen LogP contribution in [0.1, 0.15) is 44.7 Å². The van der Waals surface area contributed by atoms with Crippen molar-refractivity contribution in [1.82, 2.24) is 20.0 Å². The zero-order chi connectivity index (χ0) is 13.3. The van der Waals surface area contributed by atoms with Crippen LogP contribution < -0.4 is 5.32 Å². The van der Waals surface area contributed by atoms with Crippen molar-refractivity contribution in [2.75, 3.05) is 26.2 Å². The van der Waals surface area contributed by atoms with Crippen molar-refractivity contribution in [3.63, 3.8) is 0 Å². The molecule has 4 nitrogen and oxygen atoms in total. The monoisotopic (exact) mass is 264 g/mol. The van der Waals surface area contributed by atoms with Gasteiger partial charge in [-0.1, -0.05) is 19.8 Å². The molecular formula is C15H28N4. The van der Waals surface area contributed by atoms with Gasteiger partial charge < -0.3 is 10.2 Å². The summed E-state index contributed by atoms with van der Waals surface area (Å²) in [5.41, 5.74) is 1.30. The number of likely N-dealkylation sites (tertiary alicyclic amines) is 1. The Hall–Kier alpha value is -0.870. The molecule has 1 fully saturated rings. The van der Waals surface area contributed by atoms with Crippen LogP contribution in [0.3, 0.4) is 0 Å². The fraction of sp³-hybridized carbons (Fsp3) is 0.800. The maximum Gasteiger partial charge on any atom is 0.0522 e. The van der Waals surface area contributed by atoms with Crippen molar-refractivity contribution in [2.24, 2.45) is 0 Å². The van der Waals surface area contributed by atoms with Crippen LogP contribution in [-0.4, -0.2) is 40.9 Å². The Morgan fingerprint density at radius 3 is 2.68 bits per heavy atom. The molecule has 2 heterocycles. The van der Waals surface area contributed by atoms with E-state index in [2.05, 4.69) is 33.0 Å². The van der Waals surface area contributed by atoms with Crippen LogP contribution >= 0.6 is 0 Å². The van der Waals surface area contributed by atoms with E-state index < -0.39 is 0 Å². The molecule has 0 saturated carbocycles. The number of rotatable bonds is 7. The summed E-state index contributed by atoms with van der Waals surface area (Å²) in [5.74, 6) is 0. The first-order valence-electron chi connectivity index (χ1n) is 7.84. The summed E-state index contributed by atoms with van der Waals surface area (Å²) in [7, 11) is 0. The molecule has 1 aliphatic rings. The molecule has 108 valence electrons. The third kappa shape index (κ3) is 4.96. The third-order valence-corrected chi connectivity index (χ3v) is 3.85. The highest BCUT2D eigenvalue weighted by Gasteiger charge is 2.08. The summed E-state index contributed by atoms with van der Waals surface area (Å²) in [6.45, 7) is 8.99. The predicted molar refractivity (Wildman–Crippen MR) is 79.1 cm³/mol. The number of nitrogens with one attached hydrogen (secondary N) is 1. The minimum atomic E-state index is 0.938. The van der Waals surface area contributed by atoms with Gasteiger partial charge in [-0.3, -0.25) is 4.68 Å². The third-order valence-electron chi connectivity index (χ3n) is 3.85. The van der Waals surface area contributed by atoms with Crippen LogP contribution in [0.15, 0.2) is 12.3 Å². The van der Waals surface area contributed by atoms with Crippen LogP contribution in [0.5, 0.6) is 0 Å². The summed E-state index contributed by atoms with van der Waals surface area (Å²) in [6, 6.07) is 2.12. The maximum absolute atomic E-state index is 4.35. The SMILES string of the molecule is CCCn1nccc1CNCCN1CCCCCC1. The average Bonchev–Trinajstić information content (AvgIpc) is 2.70. The summed E-state index contributed by atoms with van der Waals surface area (Å²) < 4.78 is 2.11. The van der Waals surface area contributed by atoms with E-state index in [4.69, 9.17) is 0 Å². The van der Waals surface area contributed by atoms with Crippen molar-refractivity contribution in [1.29, 1.82) is 0 Å². The van der Waals surface area contributed by atoms with Crippen LogP contribution in [0.4, 0.5) is 0 Å². The maximum atomic E-state index is 4.35. The van der Waals surface area contributed by atoms with E-state index in [1.807, 2.05) is 6.20 Å². The van der Waals surface area contributed by atoms with Crippen molar-refractivity contribution >= 4 is 0 Å². The van der Waals surface area contributed by atoms with Gasteiger partial charge in [-0.15, -0.1) is 0 Å². The van der Waals surface area contributed by atoms with Crippen LogP contribution in [0, 0.1) is 0 Å². The molecule has 0 radical (unpaired) electrons. The van der Waals surface area contributed by atoms with Gasteiger partial charge in [0.1, 0.15) is 0 Å². The minimum absolute atomic E-state index is 0.938. The number of nitrogens with zero attached hydrogens (tertiary/aromatic N) is 3. The van der Waals surface area contributed by atoms with Crippen molar-refractivity contribution in [2.45, 2.75) is 52.1 Å². The highest BCUT2D eigenvalue weighted by molar-refractivity contribution is 4.99. The van der Waals surface area contributed by atoms with Crippen molar-refractivity contribution in [3.05, 3.63) is 18.0 Å². The van der Waals surface area contributed by atoms with E-state index in [9.17, 15) is 0 Å². The molecule has 0 aliphatic carbocycles. The molecule has 1 aromatic heterocycles. The van der Waals surface area contributed by atoms with Gasteiger partial charge in [-0.05, 0) is 38.4 Å². The Balaban J connectivity index is 1.64. The summed E-state index contributed by atoms with van der Waals surface area (Å²) in [6.07, 6.45) is 8.64. The molecule has 1 saturated heterocycles. The smallest absolute Gasteiger partial charge is 0.0522 e. The van der Waals surface area contributed by atoms with Gasteiger partial charge >= 0.3 is 0 Å². The highest BCUT2D eigenvalue weighted by atomic mass is 15.3. The van der Waals surface area contributed by atoms with Gasteiger partial charge in [0.15, 0.2) is 0 Å². The van der Waals surface area contributed by atoms with Gasteiger partial charge in [0.25, 0.3) is 0 Å². The second-order valence-corrected chi connectivity index (χ2v) is 5.48. The van der Waals surface area contributed by atoms with E-state index >= 15 is 0 Å². The van der Waals surface area contributed by atoms with Gasteiger partial charge in [0, 0.05) is 32.4 Å². The molecule has 0 bridgehead atoms. The molecule has 1 N–H and O–H groups in total. The van der Waals surface area contributed by atoms with E-state index in [-0.39, 0.29) is 0 Å². The first-order valence-corrected chi connectivity index (χ1v) is 7.84. The van der Waals surface area contributed by atoms with Gasteiger partial charge in [0.05, 0.1) is 5.69 Å². The zero-order valence-corrected chi connectivity index (χ0v) is 12.3. The van der Waals surface area contributed by atoms with E-state index in [0.29, 0.717) is 0 Å². The molecule has 1 aromatic rings. The lowest BCUT2D eigenvalue weighted by molar-refractivity contribution is 0.283. The largest absolute Gasteiger partial charge is 0.310 e. The Labute approximate surface area is 117 Å². The molecule has 19 heavy (non-hydrogen) atoms. The van der Waals surface area contributed by atoms with Crippen molar-refractivity contribution in [3.8, 4) is 0 Å². The lowest BCUT2D eigenvalue weighted by Crippen LogP contribution is -2.33. The lowest BCUT2D eigenvalue weighted by Gasteiger charge is -2.19. The normalized spacial score (nSPS) is 17.5. The van der Waals surface area contributed by atoms with Gasteiger partial charge in [-0.25, -0.2) is 0 Å². The highest BCUT2D eigenvalue weighted by Crippen LogP contribution is 2.08. The Morgan fingerprint density at radius 2 is 1.95 bits per heavy atom. The number of hydrogen-bond donors (Lipinski definition) is 1. The molecule has 0 atom stereocenters. The Morgan fingerprint density at radius 1 is 1.16 bits per heavy atom. The average molecular weight is 264 g/mol. The first-order chi connectivity index (χ1) is 9.40. The van der Waals surface area contributed by atoms with Gasteiger partial charge in [-0.2, -0.15) is 5.10 Å². The van der Waals surface area contributed by atoms with E-state index in [1.54, 1.807) is 0 Å². The second-order valence-electron chi connectivity index (χ2n) is 5.48. The van der Waals surface area contributed by atoms with Crippen molar-refractivity contribution < 1.29 is 0 Å². The van der Waals surface area contributed by atoms with Crippen LogP contribution in [0.25, 0.3) is 0 Å². The van der Waals surface area contributed by atoms with E-state index in [1.165, 1.54) is 51.0 Å². The molecule has 0 unspecified atom stereocenters. The molecule has 0 aromatic carbocycles. The predicted octanol–water partition coefficient (Wildman–Crippen LogP) is 2.26. The molecule has 2 rings (SSSR count). The van der Waals surface area contributed by atoms with E-state index in [0.717, 1.165) is 26.1 Å². The molecule has 0 amide bonds. The van der Waals surface area contributed by atoms with Crippen LogP contribution in [-0.2, 0) is 13.1 Å². The zero-order valence-electron chi connectivity index (χ0n) is 12.3. The molecule has 1 aliphatic heterocycles. The standard InChI is InChI=1S/C15H28N4/c1-2-10-19-15(7-8-17-19)14-16-9-13-18-11-5-3-4-6-12-18/h7-8,16H,2-6,9-14H2,1H3. The Bertz CT molecular complexity index is 340. The number of hydrogen-bond acceptors (Lipinski definition) is 3. The molecule has 0 spiro atoms. The lowest BCUT2D eigenvalue weighted by atomic mass is 10.2. The number of aryl methyl sites for hydroxylation is 1. The first kappa shape index (κ1) is 14.5. The topological polar surface area (TPSA) is 33.1 Å². The fourth-order valence-electron chi connectivity index (χ4n) is 2.74. The second kappa shape index (κ2) is 8.33. The molecule has 4 heteroatoms. The fourth-order valence-corrected chi connectivity index (χ4v) is 2.74. The summed E-state index contributed by atoms with van der Waals surface area (Å²) in [4.78, 5) is 2.60. The Kier molecular flexibility index (Phi) is 6.37. The number of aromatic nitrogens is 2. The minimum Gasteiger partial charge on any atom is -0.310 e. The van der Waals surface area contributed by atoms with Crippen LogP contribution in [0.2, 0.25) is 0 Å². The summed E-state index contributed by atoms with van der Waals surface area (Å²) in [5, 5.41) is 7.90.